The molecule has 7 nitrogen and oxygen atoms in total. The van der Waals surface area contributed by atoms with E-state index in [2.05, 4.69) is 0 Å². The molecule has 0 aliphatic carbocycles. The van der Waals surface area contributed by atoms with Crippen molar-refractivity contribution in [1.29, 1.82) is 0 Å². The van der Waals surface area contributed by atoms with Gasteiger partial charge in [-0.1, -0.05) is 17.7 Å². The first kappa shape index (κ1) is 21.8. The lowest BCUT2D eigenvalue weighted by Gasteiger charge is -2.37. The molecule has 0 bridgehead atoms. The smallest absolute Gasteiger partial charge is 0.345 e. The molecule has 1 amide bonds. The van der Waals surface area contributed by atoms with Crippen LogP contribution in [0.15, 0.2) is 34.0 Å². The first-order valence-electron chi connectivity index (χ1n) is 10.3. The Morgan fingerprint density at radius 3 is 2.58 bits per heavy atom. The standard InChI is InChI=1S/C22H24ClN3O4S/c1-3-30-22(29)18-19(15-13-14(23)6-7-16(15)24(2)21(18)28)25-8-10-26(11-9-25)20(27)17-5-4-12-31-17/h5-7,13H,3-4,8-12H2,1-2H3. The normalized spacial score (nSPS) is 16.5. The quantitative estimate of drug-likeness (QED) is 0.652. The maximum Gasteiger partial charge on any atom is 0.345 e. The lowest BCUT2D eigenvalue weighted by Crippen LogP contribution is -2.50. The fourth-order valence-electron chi connectivity index (χ4n) is 4.08. The zero-order valence-electron chi connectivity index (χ0n) is 17.5. The Kier molecular flexibility index (Phi) is 6.29. The van der Waals surface area contributed by atoms with Crippen LogP contribution in [0.5, 0.6) is 0 Å². The number of carbonyl (C=O) groups excluding carboxylic acids is 2. The molecular formula is C22H24ClN3O4S. The number of nitrogens with zero attached hydrogens (tertiary/aromatic N) is 3. The maximum absolute atomic E-state index is 13.1. The number of hydrogen-bond donors (Lipinski definition) is 0. The van der Waals surface area contributed by atoms with Crippen molar-refractivity contribution in [3.63, 3.8) is 0 Å². The van der Waals surface area contributed by atoms with Crippen LogP contribution >= 0.6 is 23.4 Å². The average Bonchev–Trinajstić information content (AvgIpc) is 3.30. The monoisotopic (exact) mass is 461 g/mol. The second-order valence-corrected chi connectivity index (χ2v) is 9.03. The molecular weight excluding hydrogens is 438 g/mol. The third-order valence-corrected chi connectivity index (χ3v) is 6.94. The number of piperazine rings is 1. The molecule has 4 rings (SSSR count). The number of hydrogen-bond acceptors (Lipinski definition) is 6. The summed E-state index contributed by atoms with van der Waals surface area (Å²) in [6, 6.07) is 5.27. The molecule has 0 unspecified atom stereocenters. The molecule has 164 valence electrons. The van der Waals surface area contributed by atoms with Gasteiger partial charge in [0.2, 0.25) is 0 Å². The van der Waals surface area contributed by atoms with Gasteiger partial charge in [-0.05, 0) is 31.5 Å². The van der Waals surface area contributed by atoms with E-state index >= 15 is 0 Å². The largest absolute Gasteiger partial charge is 0.462 e. The summed E-state index contributed by atoms with van der Waals surface area (Å²) in [5.74, 6) is 0.361. The summed E-state index contributed by atoms with van der Waals surface area (Å²) in [4.78, 5) is 43.3. The number of aromatic nitrogens is 1. The van der Waals surface area contributed by atoms with E-state index in [0.29, 0.717) is 47.8 Å². The van der Waals surface area contributed by atoms with Crippen LogP contribution in [-0.4, -0.2) is 59.9 Å². The van der Waals surface area contributed by atoms with Gasteiger partial charge >= 0.3 is 5.97 Å². The summed E-state index contributed by atoms with van der Waals surface area (Å²) in [7, 11) is 1.63. The number of thioether (sulfide) groups is 1. The Labute approximate surface area is 189 Å². The fourth-order valence-corrected chi connectivity index (χ4v) is 5.19. The van der Waals surface area contributed by atoms with Crippen molar-refractivity contribution in [1.82, 2.24) is 9.47 Å². The highest BCUT2D eigenvalue weighted by Crippen LogP contribution is 2.33. The summed E-state index contributed by atoms with van der Waals surface area (Å²) in [5.41, 5.74) is 0.811. The van der Waals surface area contributed by atoms with Crippen molar-refractivity contribution in [3.05, 3.63) is 50.1 Å². The lowest BCUT2D eigenvalue weighted by atomic mass is 10.1. The predicted octanol–water partition coefficient (Wildman–Crippen LogP) is 3.04. The van der Waals surface area contributed by atoms with E-state index in [-0.39, 0.29) is 18.1 Å². The van der Waals surface area contributed by atoms with Gasteiger partial charge in [0.1, 0.15) is 5.56 Å². The number of anilines is 1. The van der Waals surface area contributed by atoms with Gasteiger partial charge in [-0.25, -0.2) is 4.79 Å². The van der Waals surface area contributed by atoms with Crippen molar-refractivity contribution in [2.75, 3.05) is 43.4 Å². The number of fused-ring (bicyclic) bond motifs is 1. The lowest BCUT2D eigenvalue weighted by molar-refractivity contribution is -0.126. The summed E-state index contributed by atoms with van der Waals surface area (Å²) in [5, 5.41) is 1.23. The first-order valence-corrected chi connectivity index (χ1v) is 11.6. The number of rotatable bonds is 4. The minimum Gasteiger partial charge on any atom is -0.462 e. The van der Waals surface area contributed by atoms with E-state index in [4.69, 9.17) is 16.3 Å². The van der Waals surface area contributed by atoms with Gasteiger partial charge in [0.05, 0.1) is 22.7 Å². The molecule has 0 radical (unpaired) electrons. The predicted molar refractivity (Wildman–Crippen MR) is 124 cm³/mol. The van der Waals surface area contributed by atoms with Gasteiger partial charge in [-0.15, -0.1) is 11.8 Å². The van der Waals surface area contributed by atoms with Crippen LogP contribution in [0.25, 0.3) is 10.9 Å². The highest BCUT2D eigenvalue weighted by molar-refractivity contribution is 8.04. The second kappa shape index (κ2) is 8.96. The molecule has 0 saturated carbocycles. The minimum atomic E-state index is -0.647. The average molecular weight is 462 g/mol. The third kappa shape index (κ3) is 4.06. The Morgan fingerprint density at radius 2 is 1.94 bits per heavy atom. The molecule has 1 saturated heterocycles. The third-order valence-electron chi connectivity index (χ3n) is 5.61. The van der Waals surface area contributed by atoms with E-state index in [1.54, 1.807) is 43.9 Å². The van der Waals surface area contributed by atoms with Gasteiger partial charge in [0.25, 0.3) is 11.5 Å². The van der Waals surface area contributed by atoms with Gasteiger partial charge in [0.15, 0.2) is 0 Å². The van der Waals surface area contributed by atoms with E-state index in [9.17, 15) is 14.4 Å². The fraction of sp³-hybridized carbons (Fsp3) is 0.409. The molecule has 9 heteroatoms. The van der Waals surface area contributed by atoms with E-state index in [1.807, 2.05) is 15.9 Å². The Morgan fingerprint density at radius 1 is 1.19 bits per heavy atom. The van der Waals surface area contributed by atoms with Crippen LogP contribution < -0.4 is 10.5 Å². The van der Waals surface area contributed by atoms with Crippen LogP contribution in [0.3, 0.4) is 0 Å². The van der Waals surface area contributed by atoms with Gasteiger partial charge < -0.3 is 19.1 Å². The van der Waals surface area contributed by atoms with Crippen LogP contribution in [0, 0.1) is 0 Å². The number of pyridine rings is 1. The minimum absolute atomic E-state index is 0.00736. The number of aryl methyl sites for hydroxylation is 1. The molecule has 2 aliphatic heterocycles. The summed E-state index contributed by atoms with van der Waals surface area (Å²) in [6.07, 6.45) is 2.92. The highest BCUT2D eigenvalue weighted by atomic mass is 35.5. The number of benzene rings is 1. The molecule has 1 fully saturated rings. The molecule has 3 heterocycles. The highest BCUT2D eigenvalue weighted by Gasteiger charge is 2.30. The number of amides is 1. The summed E-state index contributed by atoms with van der Waals surface area (Å²) >= 11 is 7.87. The molecule has 1 aromatic carbocycles. The number of ether oxygens (including phenoxy) is 1. The maximum atomic E-state index is 13.1. The molecule has 31 heavy (non-hydrogen) atoms. The summed E-state index contributed by atoms with van der Waals surface area (Å²) in [6.45, 7) is 3.91. The van der Waals surface area contributed by atoms with Crippen LogP contribution in [-0.2, 0) is 16.6 Å². The molecule has 1 aromatic heterocycles. The SMILES string of the molecule is CCOC(=O)c1c(N2CCN(C(=O)C3=CCCS3)CC2)c2cc(Cl)ccc2n(C)c1=O. The molecule has 0 atom stereocenters. The number of halogens is 1. The van der Waals surface area contributed by atoms with E-state index in [0.717, 1.165) is 17.1 Å². The Bertz CT molecular complexity index is 1140. The van der Waals surface area contributed by atoms with Crippen LogP contribution in [0.2, 0.25) is 5.02 Å². The Hall–Kier alpha value is -2.45. The van der Waals surface area contributed by atoms with Gasteiger partial charge in [0, 0.05) is 49.4 Å². The molecule has 2 aromatic rings. The number of allylic oxidation sites excluding steroid dienone is 1. The molecule has 0 spiro atoms. The van der Waals surface area contributed by atoms with Crippen molar-refractivity contribution in [3.8, 4) is 0 Å². The number of carbonyl (C=O) groups is 2. The second-order valence-electron chi connectivity index (χ2n) is 7.45. The van der Waals surface area contributed by atoms with Gasteiger partial charge in [-0.2, -0.15) is 0 Å². The first-order chi connectivity index (χ1) is 14.9. The van der Waals surface area contributed by atoms with Gasteiger partial charge in [-0.3, -0.25) is 9.59 Å². The summed E-state index contributed by atoms with van der Waals surface area (Å²) < 4.78 is 6.66. The van der Waals surface area contributed by atoms with E-state index < -0.39 is 11.5 Å². The molecule has 0 N–H and O–H groups in total. The zero-order chi connectivity index (χ0) is 22.1. The topological polar surface area (TPSA) is 71.8 Å². The van der Waals surface area contributed by atoms with Crippen LogP contribution in [0.4, 0.5) is 5.69 Å². The zero-order valence-corrected chi connectivity index (χ0v) is 19.1. The molecule has 2 aliphatic rings. The van der Waals surface area contributed by atoms with Crippen molar-refractivity contribution in [2.24, 2.45) is 7.05 Å². The van der Waals surface area contributed by atoms with Crippen LogP contribution in [0.1, 0.15) is 23.7 Å². The van der Waals surface area contributed by atoms with Crippen molar-refractivity contribution < 1.29 is 14.3 Å². The van der Waals surface area contributed by atoms with Crippen molar-refractivity contribution in [2.45, 2.75) is 13.3 Å². The Balaban J connectivity index is 1.74. The van der Waals surface area contributed by atoms with Crippen molar-refractivity contribution >= 4 is 51.8 Å². The number of esters is 1. The van der Waals surface area contributed by atoms with E-state index in [1.165, 1.54) is 4.57 Å².